The molecule has 0 spiro atoms. The third-order valence-corrected chi connectivity index (χ3v) is 5.92. The highest BCUT2D eigenvalue weighted by Crippen LogP contribution is 2.27. The van der Waals surface area contributed by atoms with E-state index in [9.17, 15) is 19.2 Å². The molecule has 0 aliphatic carbocycles. The van der Waals surface area contributed by atoms with E-state index in [1.165, 1.54) is 16.8 Å². The topological polar surface area (TPSA) is 101 Å². The van der Waals surface area contributed by atoms with Crippen LogP contribution in [0.2, 0.25) is 0 Å². The number of nitrogens with zero attached hydrogens (tertiary/aromatic N) is 3. The number of hydrogen-bond acceptors (Lipinski definition) is 5. The maximum Gasteiger partial charge on any atom is 0.274 e. The van der Waals surface area contributed by atoms with E-state index < -0.39 is 17.4 Å². The van der Waals surface area contributed by atoms with E-state index in [-0.39, 0.29) is 30.5 Å². The number of amides is 3. The highest BCUT2D eigenvalue weighted by Gasteiger charge is 2.35. The van der Waals surface area contributed by atoms with Gasteiger partial charge in [0, 0.05) is 45.0 Å². The first-order valence-electron chi connectivity index (χ1n) is 12.1. The fourth-order valence-electron chi connectivity index (χ4n) is 4.21. The second-order valence-corrected chi connectivity index (χ2v) is 8.67. The van der Waals surface area contributed by atoms with Gasteiger partial charge >= 0.3 is 0 Å². The number of rotatable bonds is 10. The van der Waals surface area contributed by atoms with E-state index in [0.29, 0.717) is 36.7 Å². The molecule has 3 rings (SSSR count). The molecule has 1 N–H and O–H groups in total. The number of anilines is 2. The number of hydrogen-bond donors (Lipinski definition) is 1. The summed E-state index contributed by atoms with van der Waals surface area (Å²) in [5, 5.41) is 2.67. The molecule has 2 heterocycles. The van der Waals surface area contributed by atoms with Gasteiger partial charge in [0.1, 0.15) is 11.4 Å². The zero-order chi connectivity index (χ0) is 25.5. The van der Waals surface area contributed by atoms with Gasteiger partial charge in [-0.25, -0.2) is 0 Å². The van der Waals surface area contributed by atoms with Gasteiger partial charge in [-0.05, 0) is 50.1 Å². The number of aryl methyl sites for hydroxylation is 1. The molecule has 9 heteroatoms. The van der Waals surface area contributed by atoms with Crippen LogP contribution in [0.1, 0.15) is 50.4 Å². The van der Waals surface area contributed by atoms with Gasteiger partial charge in [-0.2, -0.15) is 0 Å². The maximum atomic E-state index is 13.0. The van der Waals surface area contributed by atoms with Crippen LogP contribution in [-0.4, -0.2) is 53.4 Å². The molecule has 1 aliphatic rings. The van der Waals surface area contributed by atoms with Gasteiger partial charge < -0.3 is 24.4 Å². The number of pyridine rings is 1. The summed E-state index contributed by atoms with van der Waals surface area (Å²) >= 11 is 0. The zero-order valence-corrected chi connectivity index (χ0v) is 20.9. The number of benzene rings is 1. The lowest BCUT2D eigenvalue weighted by atomic mass is 10.1. The Kier molecular flexibility index (Phi) is 8.68. The average Bonchev–Trinajstić information content (AvgIpc) is 3.23. The Hall–Kier alpha value is -3.62. The van der Waals surface area contributed by atoms with Crippen LogP contribution in [0.3, 0.4) is 0 Å². The molecule has 9 nitrogen and oxygen atoms in total. The molecule has 1 unspecified atom stereocenters. The number of carbonyl (C=O) groups is 3. The summed E-state index contributed by atoms with van der Waals surface area (Å²) in [4.78, 5) is 54.6. The van der Waals surface area contributed by atoms with Gasteiger partial charge in [0.25, 0.3) is 11.5 Å². The van der Waals surface area contributed by atoms with Gasteiger partial charge in [0.2, 0.25) is 11.8 Å². The lowest BCUT2D eigenvalue weighted by Gasteiger charge is -2.22. The first-order chi connectivity index (χ1) is 16.8. The Labute approximate surface area is 205 Å². The van der Waals surface area contributed by atoms with Gasteiger partial charge in [-0.3, -0.25) is 19.2 Å². The molecule has 0 bridgehead atoms. The predicted octanol–water partition coefficient (Wildman–Crippen LogP) is 3.04. The van der Waals surface area contributed by atoms with Crippen molar-refractivity contribution < 1.29 is 19.1 Å². The van der Waals surface area contributed by atoms with Crippen molar-refractivity contribution in [2.75, 3.05) is 36.5 Å². The van der Waals surface area contributed by atoms with Crippen molar-refractivity contribution in [1.29, 1.82) is 0 Å². The number of carbonyl (C=O) groups excluding carboxylic acids is 3. The fraction of sp³-hybridized carbons (Fsp3) is 0.462. The molecule has 0 radical (unpaired) electrons. The maximum absolute atomic E-state index is 13.0. The molecule has 1 aliphatic heterocycles. The summed E-state index contributed by atoms with van der Waals surface area (Å²) in [5.41, 5.74) is 0.635. The van der Waals surface area contributed by atoms with Gasteiger partial charge in [0.05, 0.1) is 18.1 Å². The van der Waals surface area contributed by atoms with Crippen molar-refractivity contribution in [2.24, 2.45) is 13.0 Å². The van der Waals surface area contributed by atoms with Crippen molar-refractivity contribution in [3.05, 3.63) is 52.4 Å². The molecule has 1 aromatic carbocycles. The minimum absolute atomic E-state index is 0.0308. The Morgan fingerprint density at radius 2 is 1.74 bits per heavy atom. The largest absolute Gasteiger partial charge is 0.494 e. The van der Waals surface area contributed by atoms with Gasteiger partial charge in [0.15, 0.2) is 0 Å². The highest BCUT2D eigenvalue weighted by atomic mass is 16.5. The third kappa shape index (κ3) is 6.09. The monoisotopic (exact) mass is 482 g/mol. The van der Waals surface area contributed by atoms with E-state index in [4.69, 9.17) is 4.74 Å². The van der Waals surface area contributed by atoms with Crippen molar-refractivity contribution >= 4 is 29.1 Å². The van der Waals surface area contributed by atoms with Crippen LogP contribution in [0, 0.1) is 5.92 Å². The van der Waals surface area contributed by atoms with Crippen LogP contribution in [0.25, 0.3) is 0 Å². The highest BCUT2D eigenvalue weighted by molar-refractivity contribution is 6.04. The fourth-order valence-corrected chi connectivity index (χ4v) is 4.21. The van der Waals surface area contributed by atoms with E-state index in [1.807, 2.05) is 20.8 Å². The second-order valence-electron chi connectivity index (χ2n) is 8.67. The summed E-state index contributed by atoms with van der Waals surface area (Å²) in [6.07, 6.45) is 3.17. The molecule has 188 valence electrons. The molecular weight excluding hydrogens is 448 g/mol. The predicted molar refractivity (Wildman–Crippen MR) is 135 cm³/mol. The van der Waals surface area contributed by atoms with E-state index >= 15 is 0 Å². The number of aromatic nitrogens is 1. The van der Waals surface area contributed by atoms with Crippen molar-refractivity contribution in [2.45, 2.75) is 40.0 Å². The van der Waals surface area contributed by atoms with Crippen molar-refractivity contribution in [3.8, 4) is 5.75 Å². The molecule has 35 heavy (non-hydrogen) atoms. The zero-order valence-electron chi connectivity index (χ0n) is 20.9. The molecule has 2 aromatic rings. The average molecular weight is 483 g/mol. The molecule has 0 saturated carbocycles. The summed E-state index contributed by atoms with van der Waals surface area (Å²) in [6, 6.07) is 8.57. The van der Waals surface area contributed by atoms with Gasteiger partial charge in [-0.1, -0.05) is 13.8 Å². The lowest BCUT2D eigenvalue weighted by Crippen LogP contribution is -2.34. The first-order valence-corrected chi connectivity index (χ1v) is 12.1. The third-order valence-electron chi connectivity index (χ3n) is 5.92. The smallest absolute Gasteiger partial charge is 0.274 e. The minimum Gasteiger partial charge on any atom is -0.494 e. The van der Waals surface area contributed by atoms with Crippen LogP contribution < -0.4 is 20.5 Å². The standard InChI is InChI=1S/C26H34N4O5/c1-5-12-29(13-6-2)25(33)19-14-22(26(34)28(4)16-19)27-24(32)18-15-23(31)30(17-18)20-8-10-21(11-9-20)35-7-3/h8-11,14,16,18H,5-7,12-13,15,17H2,1-4H3,(H,27,32). The van der Waals surface area contributed by atoms with Crippen molar-refractivity contribution in [1.82, 2.24) is 9.47 Å². The number of nitrogens with one attached hydrogen (secondary N) is 1. The van der Waals surface area contributed by atoms with Crippen LogP contribution in [-0.2, 0) is 16.6 Å². The summed E-state index contributed by atoms with van der Waals surface area (Å²) in [6.45, 7) is 7.88. The molecule has 3 amide bonds. The summed E-state index contributed by atoms with van der Waals surface area (Å²) < 4.78 is 6.74. The SMILES string of the molecule is CCCN(CCC)C(=O)c1cc(NC(=O)C2CC(=O)N(c3ccc(OCC)cc3)C2)c(=O)n(C)c1. The molecule has 1 atom stereocenters. The first kappa shape index (κ1) is 26.0. The Bertz CT molecular complexity index is 1120. The van der Waals surface area contributed by atoms with E-state index in [0.717, 1.165) is 12.8 Å². The molecule has 1 saturated heterocycles. The lowest BCUT2D eigenvalue weighted by molar-refractivity contribution is -0.122. The van der Waals surface area contributed by atoms with Crippen LogP contribution in [0.4, 0.5) is 11.4 Å². The Morgan fingerprint density at radius 3 is 2.34 bits per heavy atom. The quantitative estimate of drug-likeness (QED) is 0.561. The summed E-state index contributed by atoms with van der Waals surface area (Å²) in [7, 11) is 1.55. The Morgan fingerprint density at radius 1 is 1.09 bits per heavy atom. The second kappa shape index (κ2) is 11.7. The van der Waals surface area contributed by atoms with E-state index in [2.05, 4.69) is 5.32 Å². The van der Waals surface area contributed by atoms with Crippen LogP contribution in [0.5, 0.6) is 5.75 Å². The Balaban J connectivity index is 1.75. The van der Waals surface area contributed by atoms with E-state index in [1.54, 1.807) is 41.1 Å². The molecule has 1 fully saturated rings. The van der Waals surface area contributed by atoms with Crippen molar-refractivity contribution in [3.63, 3.8) is 0 Å². The van der Waals surface area contributed by atoms with Gasteiger partial charge in [-0.15, -0.1) is 0 Å². The molecular formula is C26H34N4O5. The normalized spacial score (nSPS) is 15.3. The number of ether oxygens (including phenoxy) is 1. The van der Waals surface area contributed by atoms with Crippen LogP contribution in [0.15, 0.2) is 41.3 Å². The van der Waals surface area contributed by atoms with Crippen LogP contribution >= 0.6 is 0 Å². The minimum atomic E-state index is -0.616. The summed E-state index contributed by atoms with van der Waals surface area (Å²) in [5.74, 6) is -0.681. The molecule has 1 aromatic heterocycles.